The van der Waals surface area contributed by atoms with E-state index in [1.807, 2.05) is 30.3 Å². The lowest BCUT2D eigenvalue weighted by atomic mass is 10.1. The molecule has 0 unspecified atom stereocenters. The molecule has 0 aliphatic heterocycles. The number of amides is 1. The van der Waals surface area contributed by atoms with Gasteiger partial charge in [-0.25, -0.2) is 13.1 Å². The SMILES string of the molecule is CS(=O)(=O)c1ccc(-c2nn(-c3ccccc3)cc2C(=O)Nc2ccccc2Cl)cc1. The number of nitrogens with zero attached hydrogens (tertiary/aromatic N) is 2. The van der Waals surface area contributed by atoms with Crippen molar-refractivity contribution in [2.24, 2.45) is 0 Å². The van der Waals surface area contributed by atoms with Gasteiger partial charge < -0.3 is 5.32 Å². The van der Waals surface area contributed by atoms with Crippen LogP contribution in [0.2, 0.25) is 5.02 Å². The number of carbonyl (C=O) groups is 1. The van der Waals surface area contributed by atoms with Crippen LogP contribution in [-0.2, 0) is 9.84 Å². The summed E-state index contributed by atoms with van der Waals surface area (Å²) in [5.74, 6) is -0.377. The molecule has 0 bridgehead atoms. The molecule has 1 aromatic heterocycles. The average molecular weight is 452 g/mol. The van der Waals surface area contributed by atoms with Crippen LogP contribution in [0.25, 0.3) is 16.9 Å². The second-order valence-corrected chi connectivity index (χ2v) is 9.32. The van der Waals surface area contributed by atoms with Crippen LogP contribution in [0.15, 0.2) is 90.0 Å². The molecule has 0 fully saturated rings. The van der Waals surface area contributed by atoms with E-state index in [0.29, 0.717) is 27.5 Å². The highest BCUT2D eigenvalue weighted by Crippen LogP contribution is 2.27. The third-order valence-electron chi connectivity index (χ3n) is 4.66. The molecule has 0 atom stereocenters. The number of rotatable bonds is 5. The Bertz CT molecular complexity index is 1350. The molecule has 1 amide bonds. The van der Waals surface area contributed by atoms with Gasteiger partial charge in [0.2, 0.25) is 0 Å². The van der Waals surface area contributed by atoms with Crippen molar-refractivity contribution in [1.29, 1.82) is 0 Å². The zero-order valence-corrected chi connectivity index (χ0v) is 18.1. The van der Waals surface area contributed by atoms with E-state index in [9.17, 15) is 13.2 Å². The van der Waals surface area contributed by atoms with Crippen LogP contribution in [0.5, 0.6) is 0 Å². The Morgan fingerprint density at radius 1 is 0.935 bits per heavy atom. The van der Waals surface area contributed by atoms with Gasteiger partial charge in [0.05, 0.1) is 26.9 Å². The monoisotopic (exact) mass is 451 g/mol. The maximum Gasteiger partial charge on any atom is 0.259 e. The normalized spacial score (nSPS) is 11.3. The minimum Gasteiger partial charge on any atom is -0.321 e. The standard InChI is InChI=1S/C23H18ClN3O3S/c1-31(29,30)18-13-11-16(12-14-18)22-19(15-27(26-22)17-7-3-2-4-8-17)23(28)25-21-10-6-5-9-20(21)24/h2-15H,1H3,(H,25,28). The molecule has 4 aromatic rings. The number of aromatic nitrogens is 2. The summed E-state index contributed by atoms with van der Waals surface area (Å²) in [5, 5.41) is 7.84. The van der Waals surface area contributed by atoms with Crippen LogP contribution in [0.3, 0.4) is 0 Å². The number of halogens is 1. The van der Waals surface area contributed by atoms with Gasteiger partial charge in [-0.1, -0.05) is 54.1 Å². The summed E-state index contributed by atoms with van der Waals surface area (Å²) >= 11 is 6.18. The largest absolute Gasteiger partial charge is 0.321 e. The van der Waals surface area contributed by atoms with Crippen molar-refractivity contribution in [1.82, 2.24) is 9.78 Å². The van der Waals surface area contributed by atoms with Crippen LogP contribution < -0.4 is 5.32 Å². The lowest BCUT2D eigenvalue weighted by Crippen LogP contribution is -2.12. The summed E-state index contributed by atoms with van der Waals surface area (Å²) in [6, 6.07) is 22.6. The van der Waals surface area contributed by atoms with Gasteiger partial charge in [0.1, 0.15) is 5.69 Å². The number of hydrogen-bond acceptors (Lipinski definition) is 4. The van der Waals surface area contributed by atoms with Crippen LogP contribution in [0.1, 0.15) is 10.4 Å². The fourth-order valence-electron chi connectivity index (χ4n) is 3.08. The van der Waals surface area contributed by atoms with Crippen LogP contribution in [0, 0.1) is 0 Å². The summed E-state index contributed by atoms with van der Waals surface area (Å²) in [6.07, 6.45) is 2.79. The zero-order chi connectivity index (χ0) is 22.0. The Labute approximate surface area is 185 Å². The molecule has 3 aromatic carbocycles. The van der Waals surface area contributed by atoms with Crippen molar-refractivity contribution in [3.8, 4) is 16.9 Å². The second kappa shape index (κ2) is 8.37. The molecule has 31 heavy (non-hydrogen) atoms. The number of carbonyl (C=O) groups excluding carboxylic acids is 1. The topological polar surface area (TPSA) is 81.1 Å². The number of nitrogens with one attached hydrogen (secondary N) is 1. The third-order valence-corrected chi connectivity index (χ3v) is 6.12. The average Bonchev–Trinajstić information content (AvgIpc) is 3.21. The van der Waals surface area contributed by atoms with E-state index in [1.54, 1.807) is 47.3 Å². The lowest BCUT2D eigenvalue weighted by Gasteiger charge is -2.07. The van der Waals surface area contributed by atoms with Crippen molar-refractivity contribution in [2.45, 2.75) is 4.90 Å². The van der Waals surface area contributed by atoms with Crippen LogP contribution in [0.4, 0.5) is 5.69 Å². The molecular weight excluding hydrogens is 434 g/mol. The Balaban J connectivity index is 1.78. The van der Waals surface area contributed by atoms with Gasteiger partial charge in [-0.2, -0.15) is 5.10 Å². The fourth-order valence-corrected chi connectivity index (χ4v) is 3.89. The van der Waals surface area contributed by atoms with Gasteiger partial charge in [-0.3, -0.25) is 4.79 Å². The summed E-state index contributed by atoms with van der Waals surface area (Å²) in [7, 11) is -3.33. The minimum absolute atomic E-state index is 0.195. The predicted octanol–water partition coefficient (Wildman–Crippen LogP) is 4.85. The number of benzene rings is 3. The molecule has 0 spiro atoms. The first-order valence-corrected chi connectivity index (χ1v) is 11.6. The van der Waals surface area contributed by atoms with E-state index in [1.165, 1.54) is 12.1 Å². The van der Waals surface area contributed by atoms with Crippen molar-refractivity contribution in [3.63, 3.8) is 0 Å². The van der Waals surface area contributed by atoms with Crippen molar-refractivity contribution in [2.75, 3.05) is 11.6 Å². The summed E-state index contributed by atoms with van der Waals surface area (Å²) in [6.45, 7) is 0. The van der Waals surface area contributed by atoms with Crippen molar-refractivity contribution < 1.29 is 13.2 Å². The molecule has 8 heteroatoms. The molecular formula is C23H18ClN3O3S. The zero-order valence-electron chi connectivity index (χ0n) is 16.5. The van der Waals surface area contributed by atoms with Gasteiger partial charge in [0.15, 0.2) is 9.84 Å². The maximum absolute atomic E-state index is 13.1. The number of para-hydroxylation sites is 2. The number of hydrogen-bond donors (Lipinski definition) is 1. The summed E-state index contributed by atoms with van der Waals surface area (Å²) in [4.78, 5) is 13.3. The van der Waals surface area contributed by atoms with Crippen molar-refractivity contribution in [3.05, 3.63) is 95.6 Å². The van der Waals surface area contributed by atoms with Gasteiger partial charge in [-0.15, -0.1) is 0 Å². The lowest BCUT2D eigenvalue weighted by molar-refractivity contribution is 0.102. The second-order valence-electron chi connectivity index (χ2n) is 6.90. The van der Waals surface area contributed by atoms with Crippen LogP contribution >= 0.6 is 11.6 Å². The molecule has 0 saturated heterocycles. The highest BCUT2D eigenvalue weighted by atomic mass is 35.5. The molecule has 4 rings (SSSR count). The van der Waals surface area contributed by atoms with E-state index in [4.69, 9.17) is 11.6 Å². The predicted molar refractivity (Wildman–Crippen MR) is 122 cm³/mol. The molecule has 0 aliphatic rings. The van der Waals surface area contributed by atoms with Gasteiger partial charge in [0.25, 0.3) is 5.91 Å². The quantitative estimate of drug-likeness (QED) is 0.470. The summed E-state index contributed by atoms with van der Waals surface area (Å²) in [5.41, 5.74) is 2.64. The number of anilines is 1. The molecule has 6 nitrogen and oxygen atoms in total. The summed E-state index contributed by atoms with van der Waals surface area (Å²) < 4.78 is 25.2. The first-order valence-electron chi connectivity index (χ1n) is 9.34. The highest BCUT2D eigenvalue weighted by molar-refractivity contribution is 7.90. The first kappa shape index (κ1) is 20.8. The van der Waals surface area contributed by atoms with Gasteiger partial charge >= 0.3 is 0 Å². The highest BCUT2D eigenvalue weighted by Gasteiger charge is 2.20. The molecule has 0 aliphatic carbocycles. The molecule has 1 N–H and O–H groups in total. The van der Waals surface area contributed by atoms with E-state index in [2.05, 4.69) is 10.4 Å². The van der Waals surface area contributed by atoms with E-state index in [0.717, 1.165) is 11.9 Å². The third kappa shape index (κ3) is 4.52. The Hall–Kier alpha value is -3.42. The maximum atomic E-state index is 13.1. The Kier molecular flexibility index (Phi) is 5.63. The minimum atomic E-state index is -3.33. The Morgan fingerprint density at radius 2 is 1.58 bits per heavy atom. The van der Waals surface area contributed by atoms with E-state index < -0.39 is 9.84 Å². The fraction of sp³-hybridized carbons (Fsp3) is 0.0435. The molecule has 0 saturated carbocycles. The van der Waals surface area contributed by atoms with Gasteiger partial charge in [-0.05, 0) is 36.4 Å². The van der Waals surface area contributed by atoms with Crippen molar-refractivity contribution >= 4 is 33.0 Å². The van der Waals surface area contributed by atoms with Gasteiger partial charge in [0, 0.05) is 18.0 Å². The number of sulfone groups is 1. The van der Waals surface area contributed by atoms with Crippen LogP contribution in [-0.4, -0.2) is 30.4 Å². The van der Waals surface area contributed by atoms with E-state index in [-0.39, 0.29) is 10.8 Å². The Morgan fingerprint density at radius 3 is 2.23 bits per heavy atom. The molecule has 156 valence electrons. The molecule has 0 radical (unpaired) electrons. The molecule has 1 heterocycles. The van der Waals surface area contributed by atoms with E-state index >= 15 is 0 Å². The first-order chi connectivity index (χ1) is 14.8. The smallest absolute Gasteiger partial charge is 0.259 e.